The Morgan fingerprint density at radius 2 is 1.28 bits per heavy atom. The summed E-state index contributed by atoms with van der Waals surface area (Å²) in [6, 6.07) is 10.7. The summed E-state index contributed by atoms with van der Waals surface area (Å²) in [4.78, 5) is 4.61. The monoisotopic (exact) mass is 397 g/mol. The highest BCUT2D eigenvalue weighted by molar-refractivity contribution is 5.58. The van der Waals surface area contributed by atoms with E-state index in [0.29, 0.717) is 5.92 Å². The summed E-state index contributed by atoms with van der Waals surface area (Å²) in [5.41, 5.74) is 1.41. The van der Waals surface area contributed by atoms with Crippen LogP contribution in [-0.4, -0.2) is 12.8 Å². The van der Waals surface area contributed by atoms with Crippen LogP contribution < -0.4 is 0 Å². The van der Waals surface area contributed by atoms with Gasteiger partial charge in [-0.15, -0.1) is 0 Å². The van der Waals surface area contributed by atoms with Crippen molar-refractivity contribution in [2.45, 2.75) is 116 Å². The normalized spacial score (nSPS) is 12.9. The first-order chi connectivity index (χ1) is 14.3. The smallest absolute Gasteiger partial charge is 0.0385 e. The summed E-state index contributed by atoms with van der Waals surface area (Å²) < 4.78 is 0. The first-order valence-electron chi connectivity index (χ1n) is 12.5. The molecular formula is C28H47N. The number of unbranched alkanes of at least 4 members (excludes halogenated alkanes) is 12. The van der Waals surface area contributed by atoms with Gasteiger partial charge in [0.25, 0.3) is 0 Å². The highest BCUT2D eigenvalue weighted by Crippen LogP contribution is 2.17. The summed E-state index contributed by atoms with van der Waals surface area (Å²) >= 11 is 0. The molecule has 1 heteroatoms. The number of rotatable bonds is 19. The Morgan fingerprint density at radius 1 is 0.724 bits per heavy atom. The maximum atomic E-state index is 4.61. The zero-order chi connectivity index (χ0) is 20.8. The van der Waals surface area contributed by atoms with Crippen molar-refractivity contribution < 1.29 is 0 Å². The molecule has 0 aliphatic rings. The first kappa shape index (κ1) is 25.7. The maximum absolute atomic E-state index is 4.61. The molecule has 1 nitrogen and oxygen atoms in total. The van der Waals surface area contributed by atoms with Gasteiger partial charge in [0.1, 0.15) is 0 Å². The SMILES string of the molecule is CCCCCCCC/C=C\CCCCCCCCN=CCC(C)c1ccccc1. The molecule has 0 fully saturated rings. The molecule has 0 spiro atoms. The van der Waals surface area contributed by atoms with Crippen molar-refractivity contribution in [3.05, 3.63) is 48.0 Å². The highest BCUT2D eigenvalue weighted by atomic mass is 14.7. The van der Waals surface area contributed by atoms with Crippen LogP contribution >= 0.6 is 0 Å². The topological polar surface area (TPSA) is 12.4 Å². The van der Waals surface area contributed by atoms with Crippen LogP contribution in [0.5, 0.6) is 0 Å². The van der Waals surface area contributed by atoms with E-state index < -0.39 is 0 Å². The van der Waals surface area contributed by atoms with Crippen molar-refractivity contribution in [3.63, 3.8) is 0 Å². The highest BCUT2D eigenvalue weighted by Gasteiger charge is 2.01. The number of nitrogens with zero attached hydrogens (tertiary/aromatic N) is 1. The number of aliphatic imine (C=N–C) groups is 1. The standard InChI is InChI=1S/C28H47N/c1-3-4-5-6-7-8-9-10-11-12-13-14-15-16-17-21-25-29-26-24-27(2)28-22-19-18-20-23-28/h10-11,18-20,22-23,26-27H,3-9,12-17,21,24-25H2,1-2H3/b11-10-,29-26?. The zero-order valence-corrected chi connectivity index (χ0v) is 19.5. The van der Waals surface area contributed by atoms with Gasteiger partial charge in [-0.3, -0.25) is 4.99 Å². The predicted octanol–water partition coefficient (Wildman–Crippen LogP) is 9.29. The minimum Gasteiger partial charge on any atom is -0.298 e. The lowest BCUT2D eigenvalue weighted by Crippen LogP contribution is -1.94. The van der Waals surface area contributed by atoms with E-state index in [-0.39, 0.29) is 0 Å². The molecule has 1 aromatic carbocycles. The van der Waals surface area contributed by atoms with Crippen LogP contribution in [0, 0.1) is 0 Å². The van der Waals surface area contributed by atoms with Gasteiger partial charge in [0.15, 0.2) is 0 Å². The van der Waals surface area contributed by atoms with Crippen molar-refractivity contribution in [2.75, 3.05) is 6.54 Å². The van der Waals surface area contributed by atoms with Crippen LogP contribution in [0.4, 0.5) is 0 Å². The van der Waals surface area contributed by atoms with Crippen LogP contribution in [0.15, 0.2) is 47.5 Å². The first-order valence-corrected chi connectivity index (χ1v) is 12.5. The van der Waals surface area contributed by atoms with Gasteiger partial charge in [-0.05, 0) is 56.2 Å². The lowest BCUT2D eigenvalue weighted by Gasteiger charge is -2.07. The van der Waals surface area contributed by atoms with Crippen molar-refractivity contribution in [2.24, 2.45) is 4.99 Å². The molecule has 0 saturated heterocycles. The molecule has 0 N–H and O–H groups in total. The third-order valence-electron chi connectivity index (χ3n) is 5.76. The Kier molecular flexibility index (Phi) is 17.6. The van der Waals surface area contributed by atoms with Crippen molar-refractivity contribution in [3.8, 4) is 0 Å². The largest absolute Gasteiger partial charge is 0.298 e. The van der Waals surface area contributed by atoms with E-state index in [1.165, 1.54) is 95.5 Å². The number of allylic oxidation sites excluding steroid dienone is 2. The van der Waals surface area contributed by atoms with E-state index in [0.717, 1.165) is 13.0 Å². The third-order valence-corrected chi connectivity index (χ3v) is 5.76. The molecule has 0 saturated carbocycles. The van der Waals surface area contributed by atoms with E-state index >= 15 is 0 Å². The third kappa shape index (κ3) is 16.1. The van der Waals surface area contributed by atoms with E-state index in [1.54, 1.807) is 0 Å². The molecule has 1 aromatic rings. The average Bonchev–Trinajstić information content (AvgIpc) is 2.75. The Balaban J connectivity index is 1.81. The van der Waals surface area contributed by atoms with Gasteiger partial charge in [0.2, 0.25) is 0 Å². The van der Waals surface area contributed by atoms with Crippen LogP contribution in [0.3, 0.4) is 0 Å². The zero-order valence-electron chi connectivity index (χ0n) is 19.5. The molecule has 1 rings (SSSR count). The maximum Gasteiger partial charge on any atom is 0.0385 e. The van der Waals surface area contributed by atoms with Gasteiger partial charge in [0.05, 0.1) is 0 Å². The van der Waals surface area contributed by atoms with Crippen molar-refractivity contribution in [1.29, 1.82) is 0 Å². The summed E-state index contributed by atoms with van der Waals surface area (Å²) in [7, 11) is 0. The van der Waals surface area contributed by atoms with Gasteiger partial charge >= 0.3 is 0 Å². The Bertz CT molecular complexity index is 502. The van der Waals surface area contributed by atoms with Gasteiger partial charge in [-0.1, -0.05) is 114 Å². The molecular weight excluding hydrogens is 350 g/mol. The molecule has 1 atom stereocenters. The lowest BCUT2D eigenvalue weighted by molar-refractivity contribution is 0.599. The van der Waals surface area contributed by atoms with Crippen LogP contribution in [0.25, 0.3) is 0 Å². The van der Waals surface area contributed by atoms with Gasteiger partial charge < -0.3 is 0 Å². The second-order valence-electron chi connectivity index (χ2n) is 8.57. The second-order valence-corrected chi connectivity index (χ2v) is 8.57. The number of benzene rings is 1. The average molecular weight is 398 g/mol. The van der Waals surface area contributed by atoms with Crippen molar-refractivity contribution >= 4 is 6.21 Å². The molecule has 0 aromatic heterocycles. The van der Waals surface area contributed by atoms with Gasteiger partial charge in [-0.25, -0.2) is 0 Å². The van der Waals surface area contributed by atoms with Crippen LogP contribution in [-0.2, 0) is 0 Å². The molecule has 29 heavy (non-hydrogen) atoms. The van der Waals surface area contributed by atoms with E-state index in [9.17, 15) is 0 Å². The van der Waals surface area contributed by atoms with Crippen LogP contribution in [0.1, 0.15) is 122 Å². The molecule has 0 aliphatic heterocycles. The van der Waals surface area contributed by atoms with Gasteiger partial charge in [0, 0.05) is 6.54 Å². The fourth-order valence-corrected chi connectivity index (χ4v) is 3.69. The van der Waals surface area contributed by atoms with E-state index in [4.69, 9.17) is 0 Å². The fourth-order valence-electron chi connectivity index (χ4n) is 3.69. The molecule has 0 bridgehead atoms. The molecule has 164 valence electrons. The Hall–Kier alpha value is -1.37. The van der Waals surface area contributed by atoms with E-state index in [2.05, 4.69) is 67.5 Å². The Labute approximate surface area is 182 Å². The summed E-state index contributed by atoms with van der Waals surface area (Å²) in [5.74, 6) is 0.569. The second kappa shape index (κ2) is 19.9. The summed E-state index contributed by atoms with van der Waals surface area (Å²) in [5, 5.41) is 0. The quantitative estimate of drug-likeness (QED) is 0.125. The fraction of sp³-hybridized carbons (Fsp3) is 0.679. The molecule has 0 aliphatic carbocycles. The summed E-state index contributed by atoms with van der Waals surface area (Å²) in [6.45, 7) is 5.57. The number of hydrogen-bond acceptors (Lipinski definition) is 1. The number of hydrogen-bond donors (Lipinski definition) is 0. The minimum absolute atomic E-state index is 0.569. The molecule has 0 radical (unpaired) electrons. The minimum atomic E-state index is 0.569. The Morgan fingerprint density at radius 3 is 1.90 bits per heavy atom. The molecule has 1 unspecified atom stereocenters. The molecule has 0 heterocycles. The lowest BCUT2D eigenvalue weighted by atomic mass is 9.99. The predicted molar refractivity (Wildman–Crippen MR) is 132 cm³/mol. The van der Waals surface area contributed by atoms with Crippen LogP contribution in [0.2, 0.25) is 0 Å². The van der Waals surface area contributed by atoms with Crippen molar-refractivity contribution in [1.82, 2.24) is 0 Å². The summed E-state index contributed by atoms with van der Waals surface area (Å²) in [6.07, 6.45) is 27.1. The molecule has 0 amide bonds. The van der Waals surface area contributed by atoms with E-state index in [1.807, 2.05) is 0 Å². The van der Waals surface area contributed by atoms with Gasteiger partial charge in [-0.2, -0.15) is 0 Å².